The number of carbonyl (C=O) groups excluding carboxylic acids is 1. The lowest BCUT2D eigenvalue weighted by atomic mass is 10.1. The summed E-state index contributed by atoms with van der Waals surface area (Å²) >= 11 is 0. The molecule has 0 aliphatic carbocycles. The van der Waals surface area contributed by atoms with Crippen molar-refractivity contribution >= 4 is 17.5 Å². The first kappa shape index (κ1) is 17.2. The van der Waals surface area contributed by atoms with Crippen molar-refractivity contribution in [3.8, 4) is 11.5 Å². The van der Waals surface area contributed by atoms with Gasteiger partial charge in [-0.2, -0.15) is 5.10 Å². The second-order valence-corrected chi connectivity index (χ2v) is 6.83. The first-order valence-corrected chi connectivity index (χ1v) is 9.11. The lowest BCUT2D eigenvalue weighted by molar-refractivity contribution is 0.262. The monoisotopic (exact) mass is 366 g/mol. The number of urea groups is 1. The summed E-state index contributed by atoms with van der Waals surface area (Å²) in [6.07, 6.45) is 6.54. The molecule has 140 valence electrons. The van der Waals surface area contributed by atoms with Crippen LogP contribution in [0.1, 0.15) is 38.4 Å². The number of amides is 2. The van der Waals surface area contributed by atoms with E-state index in [1.54, 1.807) is 18.6 Å². The predicted molar refractivity (Wildman–Crippen MR) is 101 cm³/mol. The molecule has 4 heterocycles. The zero-order valence-electron chi connectivity index (χ0n) is 15.4. The van der Waals surface area contributed by atoms with Crippen LogP contribution in [0.15, 0.2) is 30.7 Å². The Kier molecular flexibility index (Phi) is 4.57. The molecule has 3 aromatic heterocycles. The van der Waals surface area contributed by atoms with Gasteiger partial charge in [0.1, 0.15) is 17.8 Å². The van der Waals surface area contributed by atoms with Gasteiger partial charge in [0.15, 0.2) is 5.82 Å². The van der Waals surface area contributed by atoms with E-state index in [-0.39, 0.29) is 12.1 Å². The van der Waals surface area contributed by atoms with Crippen LogP contribution in [0.5, 0.6) is 0 Å². The number of aryl methyl sites for hydroxylation is 1. The van der Waals surface area contributed by atoms with Gasteiger partial charge in [0.2, 0.25) is 0 Å². The molecule has 0 aromatic carbocycles. The highest BCUT2D eigenvalue weighted by Crippen LogP contribution is 2.23. The van der Waals surface area contributed by atoms with Crippen LogP contribution in [0.3, 0.4) is 0 Å². The van der Waals surface area contributed by atoms with E-state index >= 15 is 0 Å². The summed E-state index contributed by atoms with van der Waals surface area (Å²) in [5.74, 6) is 1.11. The highest BCUT2D eigenvalue weighted by Gasteiger charge is 2.17. The van der Waals surface area contributed by atoms with E-state index in [1.807, 2.05) is 21.4 Å². The number of hydrogen-bond acceptors (Lipinski definition) is 5. The molecule has 27 heavy (non-hydrogen) atoms. The summed E-state index contributed by atoms with van der Waals surface area (Å²) in [6, 6.07) is 5.29. The van der Waals surface area contributed by atoms with Gasteiger partial charge in [-0.05, 0) is 45.2 Å². The van der Waals surface area contributed by atoms with Crippen molar-refractivity contribution in [1.82, 2.24) is 29.5 Å². The van der Waals surface area contributed by atoms with Crippen LogP contribution in [-0.4, -0.2) is 35.6 Å². The molecule has 0 saturated heterocycles. The fourth-order valence-electron chi connectivity index (χ4n) is 3.23. The molecule has 0 bridgehead atoms. The van der Waals surface area contributed by atoms with Gasteiger partial charge in [-0.1, -0.05) is 6.07 Å². The van der Waals surface area contributed by atoms with Crippen LogP contribution in [0.4, 0.5) is 16.3 Å². The molecule has 4 rings (SSSR count). The number of nitrogens with zero attached hydrogens (tertiary/aromatic N) is 6. The van der Waals surface area contributed by atoms with Crippen LogP contribution < -0.4 is 10.6 Å². The minimum absolute atomic E-state index is 0.213. The molecule has 0 radical (unpaired) electrons. The van der Waals surface area contributed by atoms with Crippen LogP contribution in [-0.2, 0) is 13.0 Å². The van der Waals surface area contributed by atoms with E-state index in [2.05, 4.69) is 44.8 Å². The third-order valence-electron chi connectivity index (χ3n) is 4.58. The number of hydrogen-bond donors (Lipinski definition) is 2. The second-order valence-electron chi connectivity index (χ2n) is 6.83. The Morgan fingerprint density at radius 1 is 1.22 bits per heavy atom. The Balaban J connectivity index is 1.49. The molecule has 0 saturated carbocycles. The van der Waals surface area contributed by atoms with Gasteiger partial charge in [-0.15, -0.1) is 10.2 Å². The minimum Gasteiger partial charge on any atom is -0.310 e. The predicted octanol–water partition coefficient (Wildman–Crippen LogP) is 3.10. The maximum atomic E-state index is 12.4. The van der Waals surface area contributed by atoms with Gasteiger partial charge in [0.05, 0.1) is 17.6 Å². The molecule has 3 aromatic rings. The fraction of sp³-hybridized carbons (Fsp3) is 0.389. The average Bonchev–Trinajstić information content (AvgIpc) is 3.30. The van der Waals surface area contributed by atoms with Crippen molar-refractivity contribution in [2.75, 3.05) is 10.6 Å². The van der Waals surface area contributed by atoms with Crippen molar-refractivity contribution in [3.63, 3.8) is 0 Å². The van der Waals surface area contributed by atoms with E-state index in [1.165, 1.54) is 0 Å². The van der Waals surface area contributed by atoms with Crippen LogP contribution in [0.2, 0.25) is 0 Å². The minimum atomic E-state index is -0.341. The van der Waals surface area contributed by atoms with Crippen molar-refractivity contribution in [3.05, 3.63) is 36.4 Å². The SMILES string of the molecule is CC(C)n1cnnc1-c1cccc(NC(=O)Nc2cnn3c2CCCC3)n1. The molecule has 1 aliphatic rings. The summed E-state index contributed by atoms with van der Waals surface area (Å²) < 4.78 is 3.89. The van der Waals surface area contributed by atoms with Crippen molar-refractivity contribution in [1.29, 1.82) is 0 Å². The molecule has 2 amide bonds. The second kappa shape index (κ2) is 7.18. The third-order valence-corrected chi connectivity index (χ3v) is 4.58. The summed E-state index contributed by atoms with van der Waals surface area (Å²) in [6.45, 7) is 5.00. The van der Waals surface area contributed by atoms with E-state index < -0.39 is 0 Å². The van der Waals surface area contributed by atoms with Crippen molar-refractivity contribution < 1.29 is 4.79 Å². The summed E-state index contributed by atoms with van der Waals surface area (Å²) in [5, 5.41) is 18.1. The standard InChI is InChI=1S/C18H22N8O/c1-12(2)25-11-19-24-17(25)13-6-5-8-16(21-13)23-18(27)22-14-10-20-26-9-4-3-7-15(14)26/h5-6,8,10-12H,3-4,7,9H2,1-2H3,(H2,21,22,23,27). The Morgan fingerprint density at radius 2 is 2.11 bits per heavy atom. The Morgan fingerprint density at radius 3 is 2.96 bits per heavy atom. The number of nitrogens with one attached hydrogen (secondary N) is 2. The van der Waals surface area contributed by atoms with Gasteiger partial charge in [0, 0.05) is 12.6 Å². The van der Waals surface area contributed by atoms with Gasteiger partial charge in [-0.25, -0.2) is 9.78 Å². The van der Waals surface area contributed by atoms with Crippen molar-refractivity contribution in [2.24, 2.45) is 0 Å². The quantitative estimate of drug-likeness (QED) is 0.738. The Labute approximate surface area is 156 Å². The van der Waals surface area contributed by atoms with Crippen LogP contribution in [0, 0.1) is 0 Å². The number of aromatic nitrogens is 6. The Hall–Kier alpha value is -3.23. The van der Waals surface area contributed by atoms with Crippen molar-refractivity contribution in [2.45, 2.75) is 45.7 Å². The molecule has 0 fully saturated rings. The van der Waals surface area contributed by atoms with Gasteiger partial charge >= 0.3 is 6.03 Å². The molecule has 0 unspecified atom stereocenters. The van der Waals surface area contributed by atoms with Gasteiger partial charge in [0.25, 0.3) is 0 Å². The van der Waals surface area contributed by atoms with E-state index in [0.29, 0.717) is 17.3 Å². The zero-order chi connectivity index (χ0) is 18.8. The maximum Gasteiger partial charge on any atom is 0.324 e. The number of carbonyl (C=O) groups is 1. The fourth-order valence-corrected chi connectivity index (χ4v) is 3.23. The number of anilines is 2. The molecule has 2 N–H and O–H groups in total. The smallest absolute Gasteiger partial charge is 0.310 e. The highest BCUT2D eigenvalue weighted by molar-refractivity contribution is 5.99. The van der Waals surface area contributed by atoms with Crippen LogP contribution in [0.25, 0.3) is 11.5 Å². The summed E-state index contributed by atoms with van der Waals surface area (Å²) in [4.78, 5) is 16.9. The largest absolute Gasteiger partial charge is 0.324 e. The number of rotatable bonds is 4. The molecular weight excluding hydrogens is 344 g/mol. The van der Waals surface area contributed by atoms with Gasteiger partial charge < -0.3 is 9.88 Å². The molecule has 0 atom stereocenters. The molecule has 0 spiro atoms. The summed E-state index contributed by atoms with van der Waals surface area (Å²) in [5.41, 5.74) is 2.48. The van der Waals surface area contributed by atoms with E-state index in [9.17, 15) is 4.79 Å². The lowest BCUT2D eigenvalue weighted by Gasteiger charge is -2.15. The highest BCUT2D eigenvalue weighted by atomic mass is 16.2. The van der Waals surface area contributed by atoms with Crippen LogP contribution >= 0.6 is 0 Å². The Bertz CT molecular complexity index is 958. The topological polar surface area (TPSA) is 103 Å². The number of pyridine rings is 1. The molecule has 9 heteroatoms. The average molecular weight is 366 g/mol. The lowest BCUT2D eigenvalue weighted by Crippen LogP contribution is -2.21. The zero-order valence-corrected chi connectivity index (χ0v) is 15.4. The third kappa shape index (κ3) is 3.53. The molecule has 9 nitrogen and oxygen atoms in total. The normalized spacial score (nSPS) is 13.4. The van der Waals surface area contributed by atoms with E-state index in [4.69, 9.17) is 0 Å². The maximum absolute atomic E-state index is 12.4. The molecule has 1 aliphatic heterocycles. The summed E-state index contributed by atoms with van der Waals surface area (Å²) in [7, 11) is 0. The number of fused-ring (bicyclic) bond motifs is 1. The van der Waals surface area contributed by atoms with Gasteiger partial charge in [-0.3, -0.25) is 10.00 Å². The first-order chi connectivity index (χ1) is 13.1. The first-order valence-electron chi connectivity index (χ1n) is 9.11. The van der Waals surface area contributed by atoms with E-state index in [0.717, 1.165) is 37.2 Å². The molecular formula is C18H22N8O.